The minimum absolute atomic E-state index is 0.00945. The van der Waals surface area contributed by atoms with Crippen LogP contribution in [0.25, 0.3) is 38.5 Å². The summed E-state index contributed by atoms with van der Waals surface area (Å²) in [7, 11) is 3.56. The molecule has 4 rings (SSSR count). The van der Waals surface area contributed by atoms with Crippen LogP contribution in [0.4, 0.5) is 0 Å². The van der Waals surface area contributed by atoms with Crippen LogP contribution >= 0.6 is 0 Å². The Morgan fingerprint density at radius 1 is 0.909 bits per heavy atom. The third kappa shape index (κ3) is 3.53. The number of hydrogen-bond acceptors (Lipinski definition) is 8. The Bertz CT molecular complexity index is 1550. The molecule has 2 aromatic carbocycles. The molecule has 0 spiro atoms. The molecule has 168 valence electrons. The zero-order chi connectivity index (χ0) is 23.9. The average molecular weight is 449 g/mol. The first-order valence-corrected chi connectivity index (χ1v) is 9.79. The SMILES string of the molecule is COC(=O)/C=C(\C(=O)OC)n1c2ccc(C)cc2c2ccc3c(C(=O)OC)cc(=O)oc3c21. The standard InChI is InChI=1S/C24H19NO8/c1-12-5-8-17-15(9-12)13-6-7-14-16(23(28)31-3)10-20(27)33-22(14)21(13)25(17)18(24(29)32-4)11-19(26)30-2/h5-11H,1-4H3/b18-11+. The number of benzene rings is 2. The third-order valence-electron chi connectivity index (χ3n) is 5.29. The molecule has 2 aromatic heterocycles. The number of carbonyl (C=O) groups is 3. The fraction of sp³-hybridized carbons (Fsp3) is 0.167. The number of carbonyl (C=O) groups excluding carboxylic acids is 3. The first-order chi connectivity index (χ1) is 15.8. The van der Waals surface area contributed by atoms with E-state index in [2.05, 4.69) is 0 Å². The normalized spacial score (nSPS) is 11.7. The Labute approximate surface area is 186 Å². The fourth-order valence-corrected chi connectivity index (χ4v) is 3.85. The van der Waals surface area contributed by atoms with Crippen LogP contribution in [-0.4, -0.2) is 43.8 Å². The zero-order valence-corrected chi connectivity index (χ0v) is 18.3. The maximum atomic E-state index is 12.8. The molecule has 0 aliphatic carbocycles. The van der Waals surface area contributed by atoms with Gasteiger partial charge in [-0.1, -0.05) is 17.7 Å². The van der Waals surface area contributed by atoms with Gasteiger partial charge in [-0.3, -0.25) is 4.57 Å². The molecule has 0 bridgehead atoms. The molecule has 0 amide bonds. The maximum Gasteiger partial charge on any atom is 0.355 e. The van der Waals surface area contributed by atoms with Crippen molar-refractivity contribution < 1.29 is 33.0 Å². The van der Waals surface area contributed by atoms with Gasteiger partial charge < -0.3 is 18.6 Å². The van der Waals surface area contributed by atoms with Gasteiger partial charge in [-0.15, -0.1) is 0 Å². The molecule has 9 nitrogen and oxygen atoms in total. The highest BCUT2D eigenvalue weighted by molar-refractivity contribution is 6.25. The van der Waals surface area contributed by atoms with Crippen LogP contribution in [0.1, 0.15) is 15.9 Å². The monoisotopic (exact) mass is 449 g/mol. The van der Waals surface area contributed by atoms with Crippen molar-refractivity contribution in [3.8, 4) is 0 Å². The summed E-state index contributed by atoms with van der Waals surface area (Å²) in [5, 5.41) is 1.67. The van der Waals surface area contributed by atoms with Gasteiger partial charge in [0, 0.05) is 22.2 Å². The van der Waals surface area contributed by atoms with Crippen LogP contribution in [0.2, 0.25) is 0 Å². The second kappa shape index (κ2) is 8.27. The topological polar surface area (TPSA) is 114 Å². The van der Waals surface area contributed by atoms with Gasteiger partial charge in [0.05, 0.1) is 44.0 Å². The van der Waals surface area contributed by atoms with E-state index in [0.29, 0.717) is 21.8 Å². The predicted molar refractivity (Wildman–Crippen MR) is 120 cm³/mol. The lowest BCUT2D eigenvalue weighted by molar-refractivity contribution is -0.137. The summed E-state index contributed by atoms with van der Waals surface area (Å²) in [4.78, 5) is 49.6. The Hall–Kier alpha value is -4.40. The van der Waals surface area contributed by atoms with Crippen LogP contribution in [0, 0.1) is 6.92 Å². The first-order valence-electron chi connectivity index (χ1n) is 9.79. The molecule has 0 unspecified atom stereocenters. The molecule has 0 atom stereocenters. The van der Waals surface area contributed by atoms with Gasteiger partial charge in [-0.05, 0) is 25.1 Å². The lowest BCUT2D eigenvalue weighted by Gasteiger charge is -2.12. The number of aromatic nitrogens is 1. The highest BCUT2D eigenvalue weighted by Crippen LogP contribution is 2.37. The highest BCUT2D eigenvalue weighted by Gasteiger charge is 2.25. The van der Waals surface area contributed by atoms with Gasteiger partial charge in [0.1, 0.15) is 5.70 Å². The largest absolute Gasteiger partial charge is 0.466 e. The smallest absolute Gasteiger partial charge is 0.355 e. The summed E-state index contributed by atoms with van der Waals surface area (Å²) in [6.07, 6.45) is 0.992. The van der Waals surface area contributed by atoms with Crippen LogP contribution in [-0.2, 0) is 23.8 Å². The van der Waals surface area contributed by atoms with Crippen LogP contribution in [0.3, 0.4) is 0 Å². The van der Waals surface area contributed by atoms with E-state index >= 15 is 0 Å². The molecule has 0 saturated carbocycles. The van der Waals surface area contributed by atoms with Crippen molar-refractivity contribution in [2.24, 2.45) is 0 Å². The molecule has 0 N–H and O–H groups in total. The molecule has 33 heavy (non-hydrogen) atoms. The van der Waals surface area contributed by atoms with Crippen molar-refractivity contribution in [1.82, 2.24) is 4.57 Å². The van der Waals surface area contributed by atoms with Gasteiger partial charge in [-0.25, -0.2) is 19.2 Å². The number of aryl methyl sites for hydroxylation is 1. The zero-order valence-electron chi connectivity index (χ0n) is 18.3. The molecule has 0 radical (unpaired) electrons. The quantitative estimate of drug-likeness (QED) is 0.202. The lowest BCUT2D eigenvalue weighted by Crippen LogP contribution is -2.14. The number of hydrogen-bond donors (Lipinski definition) is 0. The van der Waals surface area contributed by atoms with Crippen molar-refractivity contribution in [2.75, 3.05) is 21.3 Å². The number of methoxy groups -OCH3 is 3. The molecule has 9 heteroatoms. The number of nitrogens with zero attached hydrogens (tertiary/aromatic N) is 1. The van der Waals surface area contributed by atoms with E-state index in [9.17, 15) is 19.2 Å². The molecular weight excluding hydrogens is 430 g/mol. The van der Waals surface area contributed by atoms with Crippen molar-refractivity contribution in [1.29, 1.82) is 0 Å². The van der Waals surface area contributed by atoms with E-state index in [4.69, 9.17) is 18.6 Å². The molecule has 0 saturated heterocycles. The maximum absolute atomic E-state index is 12.8. The van der Waals surface area contributed by atoms with Crippen molar-refractivity contribution in [3.63, 3.8) is 0 Å². The summed E-state index contributed by atoms with van der Waals surface area (Å²) < 4.78 is 21.4. The first kappa shape index (κ1) is 21.8. The minimum Gasteiger partial charge on any atom is -0.466 e. The Kier molecular flexibility index (Phi) is 5.47. The third-order valence-corrected chi connectivity index (χ3v) is 5.29. The molecule has 0 aliphatic heterocycles. The molecule has 0 aliphatic rings. The summed E-state index contributed by atoms with van der Waals surface area (Å²) in [6.45, 7) is 1.91. The van der Waals surface area contributed by atoms with Gasteiger partial charge in [0.2, 0.25) is 0 Å². The van der Waals surface area contributed by atoms with Crippen LogP contribution < -0.4 is 5.63 Å². The summed E-state index contributed by atoms with van der Waals surface area (Å²) in [5.41, 5.74) is 0.921. The lowest BCUT2D eigenvalue weighted by atomic mass is 10.1. The molecular formula is C24H19NO8. The summed E-state index contributed by atoms with van der Waals surface area (Å²) in [6, 6.07) is 9.93. The summed E-state index contributed by atoms with van der Waals surface area (Å²) in [5.74, 6) is -2.32. The van der Waals surface area contributed by atoms with E-state index < -0.39 is 23.5 Å². The van der Waals surface area contributed by atoms with Gasteiger partial charge in [0.15, 0.2) is 5.58 Å². The van der Waals surface area contributed by atoms with E-state index in [1.807, 2.05) is 19.1 Å². The number of esters is 3. The van der Waals surface area contributed by atoms with E-state index in [1.165, 1.54) is 25.9 Å². The minimum atomic E-state index is -0.816. The number of rotatable bonds is 4. The fourth-order valence-electron chi connectivity index (χ4n) is 3.85. The van der Waals surface area contributed by atoms with Crippen LogP contribution in [0.5, 0.6) is 0 Å². The second-order valence-corrected chi connectivity index (χ2v) is 7.21. The molecule has 0 fully saturated rings. The predicted octanol–water partition coefficient (Wildman–Crippen LogP) is 3.18. The highest BCUT2D eigenvalue weighted by atomic mass is 16.5. The van der Waals surface area contributed by atoms with Crippen LogP contribution in [0.15, 0.2) is 51.7 Å². The summed E-state index contributed by atoms with van der Waals surface area (Å²) >= 11 is 0. The van der Waals surface area contributed by atoms with Crippen molar-refractivity contribution >= 4 is 56.4 Å². The number of fused-ring (bicyclic) bond motifs is 5. The number of ether oxygens (including phenoxy) is 3. The Morgan fingerprint density at radius 2 is 1.64 bits per heavy atom. The Morgan fingerprint density at radius 3 is 2.30 bits per heavy atom. The Balaban J connectivity index is 2.29. The van der Waals surface area contributed by atoms with Gasteiger partial charge in [-0.2, -0.15) is 0 Å². The second-order valence-electron chi connectivity index (χ2n) is 7.21. The van der Waals surface area contributed by atoms with E-state index in [1.54, 1.807) is 18.2 Å². The molecule has 4 aromatic rings. The van der Waals surface area contributed by atoms with E-state index in [-0.39, 0.29) is 16.8 Å². The average Bonchev–Trinajstić information content (AvgIpc) is 3.14. The molecule has 2 heterocycles. The van der Waals surface area contributed by atoms with Crippen molar-refractivity contribution in [2.45, 2.75) is 6.92 Å². The van der Waals surface area contributed by atoms with E-state index in [0.717, 1.165) is 23.1 Å². The van der Waals surface area contributed by atoms with Crippen molar-refractivity contribution in [3.05, 3.63) is 64.0 Å². The van der Waals surface area contributed by atoms with Gasteiger partial charge >= 0.3 is 23.5 Å². The van der Waals surface area contributed by atoms with Gasteiger partial charge in [0.25, 0.3) is 0 Å².